The van der Waals surface area contributed by atoms with E-state index in [1.807, 2.05) is 61.5 Å². The van der Waals surface area contributed by atoms with Crippen molar-refractivity contribution in [3.05, 3.63) is 54.6 Å². The Morgan fingerprint density at radius 1 is 1.19 bits per heavy atom. The molecule has 1 amide bonds. The Morgan fingerprint density at radius 2 is 1.95 bits per heavy atom. The summed E-state index contributed by atoms with van der Waals surface area (Å²) in [6.45, 7) is 2.02. The standard InChI is InChI=1S/C17H19NO2S/c1-3-16(21-15-10-5-4-6-11-15)17(19)18-13-8-7-9-14(12-13)20-2/h4-12,16H,3H2,1-2H3,(H,18,19). The summed E-state index contributed by atoms with van der Waals surface area (Å²) in [7, 11) is 1.61. The van der Waals surface area contributed by atoms with E-state index < -0.39 is 0 Å². The van der Waals surface area contributed by atoms with E-state index in [-0.39, 0.29) is 11.2 Å². The molecule has 2 rings (SSSR count). The van der Waals surface area contributed by atoms with Gasteiger partial charge in [0.25, 0.3) is 0 Å². The normalized spacial score (nSPS) is 11.7. The number of nitrogens with one attached hydrogen (secondary N) is 1. The van der Waals surface area contributed by atoms with Gasteiger partial charge in [-0.05, 0) is 30.7 Å². The summed E-state index contributed by atoms with van der Waals surface area (Å²) < 4.78 is 5.16. The number of ether oxygens (including phenoxy) is 1. The smallest absolute Gasteiger partial charge is 0.237 e. The molecule has 0 aliphatic rings. The fourth-order valence-electron chi connectivity index (χ4n) is 1.91. The van der Waals surface area contributed by atoms with Gasteiger partial charge >= 0.3 is 0 Å². The minimum atomic E-state index is -0.112. The first-order valence-electron chi connectivity index (χ1n) is 6.89. The first-order chi connectivity index (χ1) is 10.2. The summed E-state index contributed by atoms with van der Waals surface area (Å²) in [5.41, 5.74) is 0.756. The van der Waals surface area contributed by atoms with Crippen LogP contribution in [0.4, 0.5) is 5.69 Å². The van der Waals surface area contributed by atoms with Crippen LogP contribution in [0.15, 0.2) is 59.5 Å². The van der Waals surface area contributed by atoms with Crippen LogP contribution in [-0.4, -0.2) is 18.3 Å². The molecule has 2 aromatic rings. The number of benzene rings is 2. The maximum absolute atomic E-state index is 12.4. The van der Waals surface area contributed by atoms with Gasteiger partial charge in [0.05, 0.1) is 12.4 Å². The van der Waals surface area contributed by atoms with Crippen LogP contribution in [0.5, 0.6) is 5.75 Å². The molecule has 0 bridgehead atoms. The highest BCUT2D eigenvalue weighted by atomic mass is 32.2. The molecule has 0 aromatic heterocycles. The average molecular weight is 301 g/mol. The van der Waals surface area contributed by atoms with Crippen molar-refractivity contribution in [3.63, 3.8) is 0 Å². The molecule has 0 fully saturated rings. The Bertz CT molecular complexity index is 586. The molecule has 0 radical (unpaired) electrons. The number of anilines is 1. The number of amides is 1. The lowest BCUT2D eigenvalue weighted by molar-refractivity contribution is -0.115. The van der Waals surface area contributed by atoms with Gasteiger partial charge in [0.2, 0.25) is 5.91 Å². The minimum Gasteiger partial charge on any atom is -0.497 e. The number of carbonyl (C=O) groups excluding carboxylic acids is 1. The maximum atomic E-state index is 12.4. The van der Waals surface area contributed by atoms with E-state index in [1.54, 1.807) is 18.9 Å². The third-order valence-electron chi connectivity index (χ3n) is 3.02. The fourth-order valence-corrected chi connectivity index (χ4v) is 2.88. The van der Waals surface area contributed by atoms with E-state index >= 15 is 0 Å². The average Bonchev–Trinajstić information content (AvgIpc) is 2.53. The topological polar surface area (TPSA) is 38.3 Å². The molecule has 0 aliphatic carbocycles. The van der Waals surface area contributed by atoms with Gasteiger partial charge in [-0.15, -0.1) is 11.8 Å². The number of methoxy groups -OCH3 is 1. The highest BCUT2D eigenvalue weighted by molar-refractivity contribution is 8.00. The lowest BCUT2D eigenvalue weighted by Gasteiger charge is -2.15. The zero-order valence-electron chi connectivity index (χ0n) is 12.2. The third kappa shape index (κ3) is 4.53. The second-order valence-electron chi connectivity index (χ2n) is 4.55. The molecule has 3 nitrogen and oxygen atoms in total. The molecule has 21 heavy (non-hydrogen) atoms. The van der Waals surface area contributed by atoms with E-state index in [2.05, 4.69) is 5.32 Å². The van der Waals surface area contributed by atoms with Crippen LogP contribution in [0, 0.1) is 0 Å². The maximum Gasteiger partial charge on any atom is 0.237 e. The van der Waals surface area contributed by atoms with Gasteiger partial charge in [-0.1, -0.05) is 31.2 Å². The molecular weight excluding hydrogens is 282 g/mol. The second-order valence-corrected chi connectivity index (χ2v) is 5.83. The van der Waals surface area contributed by atoms with Crippen LogP contribution in [0.3, 0.4) is 0 Å². The first-order valence-corrected chi connectivity index (χ1v) is 7.77. The fraction of sp³-hybridized carbons (Fsp3) is 0.235. The molecule has 0 aliphatic heterocycles. The van der Waals surface area contributed by atoms with Crippen molar-refractivity contribution in [3.8, 4) is 5.75 Å². The molecule has 0 spiro atoms. The Balaban J connectivity index is 2.02. The number of carbonyl (C=O) groups is 1. The molecule has 0 saturated carbocycles. The summed E-state index contributed by atoms with van der Waals surface area (Å²) in [5, 5.41) is 2.84. The summed E-state index contributed by atoms with van der Waals surface area (Å²) in [6, 6.07) is 17.4. The Hall–Kier alpha value is -1.94. The second kappa shape index (κ2) is 7.74. The van der Waals surface area contributed by atoms with E-state index in [0.717, 1.165) is 22.8 Å². The quantitative estimate of drug-likeness (QED) is 0.812. The van der Waals surface area contributed by atoms with Crippen LogP contribution >= 0.6 is 11.8 Å². The Morgan fingerprint density at radius 3 is 2.62 bits per heavy atom. The van der Waals surface area contributed by atoms with Gasteiger partial charge < -0.3 is 10.1 Å². The van der Waals surface area contributed by atoms with Crippen molar-refractivity contribution in [2.24, 2.45) is 0 Å². The molecule has 1 N–H and O–H groups in total. The summed E-state index contributed by atoms with van der Waals surface area (Å²) in [5.74, 6) is 0.746. The van der Waals surface area contributed by atoms with Crippen LogP contribution in [-0.2, 0) is 4.79 Å². The van der Waals surface area contributed by atoms with Gasteiger partial charge in [-0.3, -0.25) is 4.79 Å². The highest BCUT2D eigenvalue weighted by Gasteiger charge is 2.18. The van der Waals surface area contributed by atoms with Crippen LogP contribution in [0.25, 0.3) is 0 Å². The molecule has 0 saturated heterocycles. The number of hydrogen-bond acceptors (Lipinski definition) is 3. The SMILES string of the molecule is CCC(Sc1ccccc1)C(=O)Nc1cccc(OC)c1. The molecule has 2 aromatic carbocycles. The lowest BCUT2D eigenvalue weighted by atomic mass is 10.2. The van der Waals surface area contributed by atoms with Crippen molar-refractivity contribution >= 4 is 23.4 Å². The van der Waals surface area contributed by atoms with Crippen molar-refractivity contribution in [2.75, 3.05) is 12.4 Å². The number of rotatable bonds is 6. The molecule has 110 valence electrons. The monoisotopic (exact) mass is 301 g/mol. The van der Waals surface area contributed by atoms with Crippen molar-refractivity contribution in [1.82, 2.24) is 0 Å². The Labute approximate surface area is 129 Å². The summed E-state index contributed by atoms with van der Waals surface area (Å²) in [6.07, 6.45) is 0.773. The molecule has 1 atom stereocenters. The highest BCUT2D eigenvalue weighted by Crippen LogP contribution is 2.26. The molecular formula is C17H19NO2S. The van der Waals surface area contributed by atoms with Crippen molar-refractivity contribution in [1.29, 1.82) is 0 Å². The molecule has 4 heteroatoms. The van der Waals surface area contributed by atoms with Gasteiger partial charge in [-0.2, -0.15) is 0 Å². The molecule has 1 unspecified atom stereocenters. The van der Waals surface area contributed by atoms with Gasteiger partial charge in [0, 0.05) is 16.6 Å². The Kier molecular flexibility index (Phi) is 5.69. The number of thioether (sulfide) groups is 1. The van der Waals surface area contributed by atoms with Crippen LogP contribution < -0.4 is 10.1 Å². The minimum absolute atomic E-state index is 0.0135. The largest absolute Gasteiger partial charge is 0.497 e. The van der Waals surface area contributed by atoms with Gasteiger partial charge in [0.1, 0.15) is 5.75 Å². The van der Waals surface area contributed by atoms with E-state index in [1.165, 1.54) is 0 Å². The predicted molar refractivity (Wildman–Crippen MR) is 88.0 cm³/mol. The van der Waals surface area contributed by atoms with Crippen LogP contribution in [0.2, 0.25) is 0 Å². The zero-order chi connectivity index (χ0) is 15.1. The summed E-state index contributed by atoms with van der Waals surface area (Å²) >= 11 is 1.58. The predicted octanol–water partition coefficient (Wildman–Crippen LogP) is 4.20. The lowest BCUT2D eigenvalue weighted by Crippen LogP contribution is -2.24. The van der Waals surface area contributed by atoms with E-state index in [0.29, 0.717) is 0 Å². The summed E-state index contributed by atoms with van der Waals surface area (Å²) in [4.78, 5) is 13.5. The van der Waals surface area contributed by atoms with E-state index in [9.17, 15) is 4.79 Å². The van der Waals surface area contributed by atoms with E-state index in [4.69, 9.17) is 4.74 Å². The zero-order valence-corrected chi connectivity index (χ0v) is 13.0. The van der Waals surface area contributed by atoms with Crippen molar-refractivity contribution in [2.45, 2.75) is 23.5 Å². The van der Waals surface area contributed by atoms with Crippen molar-refractivity contribution < 1.29 is 9.53 Å². The van der Waals surface area contributed by atoms with Gasteiger partial charge in [-0.25, -0.2) is 0 Å². The van der Waals surface area contributed by atoms with Gasteiger partial charge in [0.15, 0.2) is 0 Å². The molecule has 0 heterocycles. The first kappa shape index (κ1) is 15.4. The number of hydrogen-bond donors (Lipinski definition) is 1. The third-order valence-corrected chi connectivity index (χ3v) is 4.40. The van der Waals surface area contributed by atoms with Crippen LogP contribution in [0.1, 0.15) is 13.3 Å².